The van der Waals surface area contributed by atoms with Gasteiger partial charge in [-0.1, -0.05) is 6.07 Å². The molecule has 0 saturated carbocycles. The minimum absolute atomic E-state index is 0.220. The zero-order valence-corrected chi connectivity index (χ0v) is 11.3. The highest BCUT2D eigenvalue weighted by molar-refractivity contribution is 5.99. The average molecular weight is 276 g/mol. The van der Waals surface area contributed by atoms with E-state index in [2.05, 4.69) is 15.7 Å². The number of nitrogens with one attached hydrogen (secondary N) is 2. The first-order valence-corrected chi connectivity index (χ1v) is 6.44. The number of benzene rings is 1. The standard InChI is InChI=1S/C14H17FN4O/c1-16-13-11(5-2-6-12(13)15)14(20)17-7-3-9-19-10-4-8-18-19/h2,4-6,8,10,16H,3,7,9H2,1H3,(H,17,20). The Morgan fingerprint density at radius 1 is 1.40 bits per heavy atom. The molecule has 0 aliphatic rings. The quantitative estimate of drug-likeness (QED) is 0.792. The van der Waals surface area contributed by atoms with Gasteiger partial charge in [-0.05, 0) is 24.6 Å². The monoisotopic (exact) mass is 276 g/mol. The SMILES string of the molecule is CNc1c(F)cccc1C(=O)NCCCn1cccn1. The summed E-state index contributed by atoms with van der Waals surface area (Å²) in [6.07, 6.45) is 4.34. The fourth-order valence-corrected chi connectivity index (χ4v) is 1.94. The molecule has 1 aromatic carbocycles. The van der Waals surface area contributed by atoms with Crippen molar-refractivity contribution in [2.75, 3.05) is 18.9 Å². The molecule has 2 aromatic rings. The summed E-state index contributed by atoms with van der Waals surface area (Å²) in [6, 6.07) is 6.29. The molecule has 0 spiro atoms. The summed E-state index contributed by atoms with van der Waals surface area (Å²) in [6.45, 7) is 1.24. The lowest BCUT2D eigenvalue weighted by Gasteiger charge is -2.10. The Bertz CT molecular complexity index is 569. The number of hydrogen-bond acceptors (Lipinski definition) is 3. The second kappa shape index (κ2) is 6.70. The number of hydrogen-bond donors (Lipinski definition) is 2. The summed E-state index contributed by atoms with van der Waals surface area (Å²) < 4.78 is 15.3. The number of amides is 1. The topological polar surface area (TPSA) is 59.0 Å². The molecule has 1 aromatic heterocycles. The molecule has 0 atom stereocenters. The Kier molecular flexibility index (Phi) is 4.70. The number of nitrogens with zero attached hydrogens (tertiary/aromatic N) is 2. The van der Waals surface area contributed by atoms with E-state index in [1.54, 1.807) is 24.0 Å². The van der Waals surface area contributed by atoms with Gasteiger partial charge in [0.25, 0.3) is 5.91 Å². The van der Waals surface area contributed by atoms with Gasteiger partial charge in [0.2, 0.25) is 0 Å². The van der Waals surface area contributed by atoms with E-state index in [4.69, 9.17) is 0 Å². The Morgan fingerprint density at radius 2 is 2.25 bits per heavy atom. The van der Waals surface area contributed by atoms with Crippen LogP contribution in [0.2, 0.25) is 0 Å². The fourth-order valence-electron chi connectivity index (χ4n) is 1.94. The van der Waals surface area contributed by atoms with E-state index in [-0.39, 0.29) is 11.6 Å². The molecule has 2 N–H and O–H groups in total. The lowest BCUT2D eigenvalue weighted by Crippen LogP contribution is -2.26. The molecule has 0 bridgehead atoms. The van der Waals surface area contributed by atoms with Crippen molar-refractivity contribution in [1.82, 2.24) is 15.1 Å². The van der Waals surface area contributed by atoms with Gasteiger partial charge in [0.15, 0.2) is 0 Å². The van der Waals surface area contributed by atoms with Crippen molar-refractivity contribution in [1.29, 1.82) is 0 Å². The molecule has 0 fully saturated rings. The molecule has 5 nitrogen and oxygen atoms in total. The maximum Gasteiger partial charge on any atom is 0.253 e. The average Bonchev–Trinajstić information content (AvgIpc) is 2.96. The van der Waals surface area contributed by atoms with Crippen LogP contribution in [-0.4, -0.2) is 29.3 Å². The number of aromatic nitrogens is 2. The molecule has 20 heavy (non-hydrogen) atoms. The van der Waals surface area contributed by atoms with E-state index >= 15 is 0 Å². The van der Waals surface area contributed by atoms with Crippen LogP contribution >= 0.6 is 0 Å². The van der Waals surface area contributed by atoms with E-state index < -0.39 is 5.82 Å². The normalized spacial score (nSPS) is 10.3. The maximum atomic E-state index is 13.5. The number of carbonyl (C=O) groups excluding carboxylic acids is 1. The van der Waals surface area contributed by atoms with Crippen molar-refractivity contribution < 1.29 is 9.18 Å². The van der Waals surface area contributed by atoms with Crippen LogP contribution in [0.5, 0.6) is 0 Å². The lowest BCUT2D eigenvalue weighted by atomic mass is 10.1. The predicted octanol–water partition coefficient (Wildman–Crippen LogP) is 1.88. The summed E-state index contributed by atoms with van der Waals surface area (Å²) in [5.74, 6) is -0.717. The predicted molar refractivity (Wildman–Crippen MR) is 75.1 cm³/mol. The first-order chi connectivity index (χ1) is 9.72. The Balaban J connectivity index is 1.87. The fraction of sp³-hybridized carbons (Fsp3) is 0.286. The first-order valence-electron chi connectivity index (χ1n) is 6.44. The van der Waals surface area contributed by atoms with Crippen molar-refractivity contribution in [3.8, 4) is 0 Å². The highest BCUT2D eigenvalue weighted by Crippen LogP contribution is 2.18. The van der Waals surface area contributed by atoms with Gasteiger partial charge in [0, 0.05) is 32.5 Å². The van der Waals surface area contributed by atoms with E-state index in [9.17, 15) is 9.18 Å². The van der Waals surface area contributed by atoms with Gasteiger partial charge >= 0.3 is 0 Å². The van der Waals surface area contributed by atoms with E-state index in [1.807, 2.05) is 12.3 Å². The maximum absolute atomic E-state index is 13.5. The first kappa shape index (κ1) is 14.0. The van der Waals surface area contributed by atoms with E-state index in [0.29, 0.717) is 12.1 Å². The minimum Gasteiger partial charge on any atom is -0.385 e. The van der Waals surface area contributed by atoms with Crippen LogP contribution in [-0.2, 0) is 6.54 Å². The number of para-hydroxylation sites is 1. The molecule has 1 heterocycles. The van der Waals surface area contributed by atoms with Crippen molar-refractivity contribution in [3.05, 3.63) is 48.0 Å². The third-order valence-electron chi connectivity index (χ3n) is 2.92. The van der Waals surface area contributed by atoms with Crippen molar-refractivity contribution in [3.63, 3.8) is 0 Å². The minimum atomic E-state index is -0.434. The zero-order valence-electron chi connectivity index (χ0n) is 11.3. The molecular formula is C14H17FN4O. The Labute approximate surface area is 116 Å². The van der Waals surface area contributed by atoms with Crippen LogP contribution in [0.3, 0.4) is 0 Å². The highest BCUT2D eigenvalue weighted by Gasteiger charge is 2.13. The van der Waals surface area contributed by atoms with Gasteiger partial charge in [-0.15, -0.1) is 0 Å². The van der Waals surface area contributed by atoms with Crippen molar-refractivity contribution in [2.45, 2.75) is 13.0 Å². The zero-order chi connectivity index (χ0) is 14.4. The third-order valence-corrected chi connectivity index (χ3v) is 2.92. The van der Waals surface area contributed by atoms with Crippen LogP contribution in [0.1, 0.15) is 16.8 Å². The van der Waals surface area contributed by atoms with E-state index in [1.165, 1.54) is 12.1 Å². The number of anilines is 1. The molecular weight excluding hydrogens is 259 g/mol. The number of halogens is 1. The lowest BCUT2D eigenvalue weighted by molar-refractivity contribution is 0.0953. The molecule has 106 valence electrons. The Morgan fingerprint density at radius 3 is 2.95 bits per heavy atom. The Hall–Kier alpha value is -2.37. The van der Waals surface area contributed by atoms with Gasteiger partial charge in [-0.25, -0.2) is 4.39 Å². The summed E-state index contributed by atoms with van der Waals surface area (Å²) in [5.41, 5.74) is 0.531. The van der Waals surface area contributed by atoms with Crippen LogP contribution in [0.25, 0.3) is 0 Å². The van der Waals surface area contributed by atoms with Crippen molar-refractivity contribution in [2.24, 2.45) is 0 Å². The molecule has 0 aliphatic heterocycles. The summed E-state index contributed by atoms with van der Waals surface area (Å²) >= 11 is 0. The van der Waals surface area contributed by atoms with E-state index in [0.717, 1.165) is 13.0 Å². The second-order valence-corrected chi connectivity index (χ2v) is 4.29. The number of rotatable bonds is 6. The highest BCUT2D eigenvalue weighted by atomic mass is 19.1. The number of carbonyl (C=O) groups is 1. The van der Waals surface area contributed by atoms with Gasteiger partial charge in [0.05, 0.1) is 11.3 Å². The molecule has 0 radical (unpaired) electrons. The van der Waals surface area contributed by atoms with Gasteiger partial charge < -0.3 is 10.6 Å². The van der Waals surface area contributed by atoms with Crippen LogP contribution in [0.4, 0.5) is 10.1 Å². The largest absolute Gasteiger partial charge is 0.385 e. The number of aryl methyl sites for hydroxylation is 1. The van der Waals surface area contributed by atoms with Crippen LogP contribution in [0.15, 0.2) is 36.7 Å². The summed E-state index contributed by atoms with van der Waals surface area (Å²) in [5, 5.41) is 9.56. The molecule has 0 saturated heterocycles. The van der Waals surface area contributed by atoms with Crippen LogP contribution in [0, 0.1) is 5.82 Å². The van der Waals surface area contributed by atoms with Gasteiger partial charge in [-0.3, -0.25) is 9.48 Å². The van der Waals surface area contributed by atoms with Gasteiger partial charge in [-0.2, -0.15) is 5.10 Å². The molecule has 1 amide bonds. The molecule has 0 unspecified atom stereocenters. The molecule has 0 aliphatic carbocycles. The summed E-state index contributed by atoms with van der Waals surface area (Å²) in [7, 11) is 1.59. The summed E-state index contributed by atoms with van der Waals surface area (Å²) in [4.78, 5) is 12.0. The smallest absolute Gasteiger partial charge is 0.253 e. The van der Waals surface area contributed by atoms with Crippen molar-refractivity contribution >= 4 is 11.6 Å². The van der Waals surface area contributed by atoms with Gasteiger partial charge in [0.1, 0.15) is 5.82 Å². The second-order valence-electron chi connectivity index (χ2n) is 4.29. The molecule has 6 heteroatoms. The third kappa shape index (κ3) is 3.34. The molecule has 2 rings (SSSR count). The van der Waals surface area contributed by atoms with Crippen LogP contribution < -0.4 is 10.6 Å².